The van der Waals surface area contributed by atoms with E-state index in [2.05, 4.69) is 17.4 Å². The van der Waals surface area contributed by atoms with Crippen LogP contribution in [0, 0.1) is 0 Å². The minimum absolute atomic E-state index is 0.0133. The summed E-state index contributed by atoms with van der Waals surface area (Å²) >= 11 is 0. The molecular formula is C18H29N3O8. The van der Waals surface area contributed by atoms with Crippen LogP contribution < -0.4 is 11.2 Å². The Hall–Kier alpha value is -2.21. The summed E-state index contributed by atoms with van der Waals surface area (Å²) < 4.78 is 16.6. The first-order valence-electron chi connectivity index (χ1n) is 9.67. The van der Waals surface area contributed by atoms with Crippen molar-refractivity contribution in [2.75, 3.05) is 25.8 Å². The molecule has 1 aliphatic rings. The van der Waals surface area contributed by atoms with E-state index in [0.717, 1.165) is 36.7 Å². The molecule has 1 aliphatic heterocycles. The lowest BCUT2D eigenvalue weighted by Crippen LogP contribution is -2.37. The molecule has 1 aromatic heterocycles. The maximum Gasteiger partial charge on any atom is 0.533 e. The number of unbranched alkanes of at least 4 members (excludes halogenated alkanes) is 4. The summed E-state index contributed by atoms with van der Waals surface area (Å²) in [5.74, 6) is -0.0133. The Morgan fingerprint density at radius 1 is 1.34 bits per heavy atom. The fourth-order valence-corrected chi connectivity index (χ4v) is 3.04. The first kappa shape index (κ1) is 23.1. The summed E-state index contributed by atoms with van der Waals surface area (Å²) in [6, 6.07) is 1.36. The third-order valence-electron chi connectivity index (χ3n) is 4.57. The van der Waals surface area contributed by atoms with Crippen molar-refractivity contribution >= 4 is 12.0 Å². The second-order valence-corrected chi connectivity index (χ2v) is 6.66. The number of carbonyl (C=O) groups excluding carboxylic acids is 1. The molecule has 29 heavy (non-hydrogen) atoms. The summed E-state index contributed by atoms with van der Waals surface area (Å²) in [6.07, 6.45) is 1.73. The molecule has 0 bridgehead atoms. The van der Waals surface area contributed by atoms with Gasteiger partial charge in [-0.15, -0.1) is 0 Å². The van der Waals surface area contributed by atoms with Crippen molar-refractivity contribution < 1.29 is 34.1 Å². The predicted octanol–water partition coefficient (Wildman–Crippen LogP) is 0.959. The lowest BCUT2D eigenvalue weighted by Gasteiger charge is -2.18. The van der Waals surface area contributed by atoms with Crippen molar-refractivity contribution in [3.05, 3.63) is 22.7 Å². The summed E-state index contributed by atoms with van der Waals surface area (Å²) in [5.41, 5.74) is 1.50. The quantitative estimate of drug-likeness (QED) is 0.272. The largest absolute Gasteiger partial charge is 0.533 e. The van der Waals surface area contributed by atoms with E-state index in [1.165, 1.54) is 19.4 Å². The molecule has 1 saturated heterocycles. The summed E-state index contributed by atoms with van der Waals surface area (Å²) in [5, 5.41) is 19.6. The molecular weight excluding hydrogens is 386 g/mol. The SMILES string of the molecule is CCCCCCCOC(=O)ONc1ccn([C@@H]2O[C@H](CO)[C@H](OC)[C@@H]2O)c(=O)n1. The van der Waals surface area contributed by atoms with Gasteiger partial charge < -0.3 is 29.3 Å². The van der Waals surface area contributed by atoms with Crippen molar-refractivity contribution in [1.29, 1.82) is 0 Å². The third-order valence-corrected chi connectivity index (χ3v) is 4.57. The van der Waals surface area contributed by atoms with Gasteiger partial charge in [0.1, 0.15) is 18.3 Å². The number of rotatable bonds is 11. The molecule has 0 aromatic carbocycles. The summed E-state index contributed by atoms with van der Waals surface area (Å²) in [6.45, 7) is 2.00. The zero-order chi connectivity index (χ0) is 21.2. The molecule has 0 saturated carbocycles. The number of nitrogens with one attached hydrogen (secondary N) is 1. The van der Waals surface area contributed by atoms with Crippen molar-refractivity contribution in [3.63, 3.8) is 0 Å². The fourth-order valence-electron chi connectivity index (χ4n) is 3.04. The average Bonchev–Trinajstić information content (AvgIpc) is 3.04. The van der Waals surface area contributed by atoms with Crippen LogP contribution in [-0.4, -0.2) is 64.6 Å². The van der Waals surface area contributed by atoms with E-state index >= 15 is 0 Å². The van der Waals surface area contributed by atoms with Gasteiger partial charge in [0.25, 0.3) is 0 Å². The minimum atomic E-state index is -1.17. The summed E-state index contributed by atoms with van der Waals surface area (Å²) in [7, 11) is 1.37. The number of aliphatic hydroxyl groups excluding tert-OH is 2. The zero-order valence-corrected chi connectivity index (χ0v) is 16.7. The second-order valence-electron chi connectivity index (χ2n) is 6.66. The molecule has 3 N–H and O–H groups in total. The van der Waals surface area contributed by atoms with Crippen molar-refractivity contribution in [2.45, 2.75) is 63.6 Å². The number of ether oxygens (including phenoxy) is 3. The number of anilines is 1. The molecule has 0 radical (unpaired) electrons. The van der Waals surface area contributed by atoms with Crippen molar-refractivity contribution in [1.82, 2.24) is 9.55 Å². The van der Waals surface area contributed by atoms with Gasteiger partial charge in [-0.1, -0.05) is 32.6 Å². The van der Waals surface area contributed by atoms with Crippen LogP contribution in [0.2, 0.25) is 0 Å². The van der Waals surface area contributed by atoms with Crippen molar-refractivity contribution in [2.24, 2.45) is 0 Å². The normalized spacial score (nSPS) is 23.7. The number of hydrogen-bond donors (Lipinski definition) is 3. The molecule has 0 unspecified atom stereocenters. The molecule has 164 valence electrons. The first-order chi connectivity index (χ1) is 14.0. The number of aliphatic hydroxyl groups is 2. The maximum atomic E-state index is 12.3. The van der Waals surface area contributed by atoms with Crippen LogP contribution in [0.4, 0.5) is 10.6 Å². The highest BCUT2D eigenvalue weighted by atomic mass is 16.8. The molecule has 1 aromatic rings. The maximum absolute atomic E-state index is 12.3. The van der Waals surface area contributed by atoms with Crippen LogP contribution in [0.5, 0.6) is 0 Å². The number of nitrogens with zero attached hydrogens (tertiary/aromatic N) is 2. The van der Waals surface area contributed by atoms with Gasteiger partial charge in [-0.05, 0) is 6.42 Å². The lowest BCUT2D eigenvalue weighted by atomic mass is 10.1. The molecule has 11 heteroatoms. The van der Waals surface area contributed by atoms with E-state index in [-0.39, 0.29) is 19.0 Å². The van der Waals surface area contributed by atoms with E-state index < -0.39 is 36.4 Å². The molecule has 0 spiro atoms. The number of hydrogen-bond acceptors (Lipinski definition) is 10. The highest BCUT2D eigenvalue weighted by Gasteiger charge is 2.45. The van der Waals surface area contributed by atoms with Gasteiger partial charge >= 0.3 is 11.8 Å². The molecule has 4 atom stereocenters. The molecule has 0 aliphatic carbocycles. The Morgan fingerprint density at radius 3 is 2.72 bits per heavy atom. The predicted molar refractivity (Wildman–Crippen MR) is 101 cm³/mol. The Morgan fingerprint density at radius 2 is 2.10 bits per heavy atom. The van der Waals surface area contributed by atoms with Gasteiger partial charge in [-0.25, -0.2) is 9.59 Å². The van der Waals surface area contributed by atoms with Gasteiger partial charge in [0.05, 0.1) is 13.2 Å². The van der Waals surface area contributed by atoms with E-state index in [4.69, 9.17) is 19.0 Å². The smallest absolute Gasteiger partial charge is 0.433 e. The minimum Gasteiger partial charge on any atom is -0.433 e. The highest BCUT2D eigenvalue weighted by molar-refractivity contribution is 5.61. The molecule has 11 nitrogen and oxygen atoms in total. The van der Waals surface area contributed by atoms with Crippen molar-refractivity contribution in [3.8, 4) is 0 Å². The molecule has 2 rings (SSSR count). The van der Waals surface area contributed by atoms with Gasteiger partial charge in [0.2, 0.25) is 0 Å². The number of carbonyl (C=O) groups is 1. The second kappa shape index (κ2) is 11.7. The van der Waals surface area contributed by atoms with E-state index in [1.807, 2.05) is 0 Å². The zero-order valence-electron chi connectivity index (χ0n) is 16.7. The van der Waals surface area contributed by atoms with Crippen LogP contribution in [0.3, 0.4) is 0 Å². The first-order valence-corrected chi connectivity index (χ1v) is 9.67. The highest BCUT2D eigenvalue weighted by Crippen LogP contribution is 2.29. The van der Waals surface area contributed by atoms with E-state index in [0.29, 0.717) is 0 Å². The van der Waals surface area contributed by atoms with Crippen LogP contribution in [0.25, 0.3) is 0 Å². The molecule has 2 heterocycles. The Balaban J connectivity index is 1.84. The molecule has 1 fully saturated rings. The standard InChI is InChI=1S/C18H29N3O8/c1-3-4-5-6-7-10-27-18(25)29-20-13-8-9-21(17(24)19-13)16-14(23)15(26-2)12(11-22)28-16/h8-9,12,14-16,22-23H,3-7,10-11H2,1-2H3,(H,19,20,24)/t12-,14+,15+,16-/m1/s1. The van der Waals surface area contributed by atoms with E-state index in [9.17, 15) is 19.8 Å². The Bertz CT molecular complexity index is 698. The van der Waals surface area contributed by atoms with Crippen LogP contribution in [0.1, 0.15) is 45.3 Å². The number of aromatic nitrogens is 2. The van der Waals surface area contributed by atoms with Crippen LogP contribution >= 0.6 is 0 Å². The molecule has 0 amide bonds. The van der Waals surface area contributed by atoms with Gasteiger partial charge in [0.15, 0.2) is 12.0 Å². The van der Waals surface area contributed by atoms with Crippen LogP contribution in [-0.2, 0) is 19.0 Å². The van der Waals surface area contributed by atoms with Gasteiger partial charge in [-0.2, -0.15) is 10.5 Å². The third kappa shape index (κ3) is 6.39. The monoisotopic (exact) mass is 415 g/mol. The van der Waals surface area contributed by atoms with Gasteiger partial charge in [-0.3, -0.25) is 4.57 Å². The van der Waals surface area contributed by atoms with Crippen LogP contribution in [0.15, 0.2) is 17.1 Å². The number of methoxy groups -OCH3 is 1. The lowest BCUT2D eigenvalue weighted by molar-refractivity contribution is -0.0568. The van der Waals surface area contributed by atoms with Gasteiger partial charge in [0, 0.05) is 19.4 Å². The van der Waals surface area contributed by atoms with E-state index in [1.54, 1.807) is 0 Å². The average molecular weight is 415 g/mol. The Labute approximate surface area is 168 Å². The fraction of sp³-hybridized carbons (Fsp3) is 0.722. The Kier molecular flexibility index (Phi) is 9.32. The summed E-state index contributed by atoms with van der Waals surface area (Å²) in [4.78, 5) is 32.2. The topological polar surface area (TPSA) is 141 Å².